The molecule has 0 amide bonds. The van der Waals surface area contributed by atoms with Gasteiger partial charge in [0.25, 0.3) is 0 Å². The SMILES string of the molecule is O=C(O)c1sc(-c2ccc(C(F)(F)F)cc2)nc1C1CC1. The number of aromatic nitrogens is 1. The summed E-state index contributed by atoms with van der Waals surface area (Å²) >= 11 is 1.01. The molecule has 0 aliphatic heterocycles. The topological polar surface area (TPSA) is 50.2 Å². The summed E-state index contributed by atoms with van der Waals surface area (Å²) < 4.78 is 37.6. The fraction of sp³-hybridized carbons (Fsp3) is 0.286. The van der Waals surface area contributed by atoms with Crippen LogP contribution < -0.4 is 0 Å². The molecule has 2 aromatic rings. The zero-order chi connectivity index (χ0) is 15.2. The summed E-state index contributed by atoms with van der Waals surface area (Å²) in [6.45, 7) is 0. The molecule has 1 aliphatic rings. The molecule has 7 heteroatoms. The van der Waals surface area contributed by atoms with Crippen molar-refractivity contribution < 1.29 is 23.1 Å². The van der Waals surface area contributed by atoms with Gasteiger partial charge in [-0.15, -0.1) is 11.3 Å². The fourth-order valence-corrected chi connectivity index (χ4v) is 3.04. The summed E-state index contributed by atoms with van der Waals surface area (Å²) in [5, 5.41) is 9.62. The lowest BCUT2D eigenvalue weighted by atomic mass is 10.1. The van der Waals surface area contributed by atoms with Crippen molar-refractivity contribution in [2.75, 3.05) is 0 Å². The lowest BCUT2D eigenvalue weighted by Crippen LogP contribution is -2.03. The molecule has 0 atom stereocenters. The highest BCUT2D eigenvalue weighted by atomic mass is 32.1. The minimum Gasteiger partial charge on any atom is -0.477 e. The number of carboxylic acids is 1. The van der Waals surface area contributed by atoms with E-state index in [1.807, 2.05) is 0 Å². The quantitative estimate of drug-likeness (QED) is 0.913. The Morgan fingerprint density at radius 1 is 1.24 bits per heavy atom. The molecule has 110 valence electrons. The van der Waals surface area contributed by atoms with E-state index in [1.165, 1.54) is 12.1 Å². The molecule has 0 saturated heterocycles. The molecule has 1 aromatic heterocycles. The molecule has 3 rings (SSSR count). The fourth-order valence-electron chi connectivity index (χ4n) is 2.04. The van der Waals surface area contributed by atoms with Crippen molar-refractivity contribution in [1.29, 1.82) is 0 Å². The highest BCUT2D eigenvalue weighted by molar-refractivity contribution is 7.17. The van der Waals surface area contributed by atoms with E-state index in [9.17, 15) is 23.1 Å². The molecule has 0 radical (unpaired) electrons. The van der Waals surface area contributed by atoms with Crippen LogP contribution in [0.25, 0.3) is 10.6 Å². The average molecular weight is 313 g/mol. The smallest absolute Gasteiger partial charge is 0.416 e. The van der Waals surface area contributed by atoms with Gasteiger partial charge >= 0.3 is 12.1 Å². The number of rotatable bonds is 3. The average Bonchev–Trinajstić information content (AvgIpc) is 3.16. The van der Waals surface area contributed by atoms with Crippen molar-refractivity contribution in [2.24, 2.45) is 0 Å². The van der Waals surface area contributed by atoms with Crippen molar-refractivity contribution in [3.63, 3.8) is 0 Å². The molecule has 1 fully saturated rings. The predicted molar refractivity (Wildman–Crippen MR) is 71.5 cm³/mol. The van der Waals surface area contributed by atoms with Gasteiger partial charge in [-0.2, -0.15) is 13.2 Å². The minimum absolute atomic E-state index is 0.176. The summed E-state index contributed by atoms with van der Waals surface area (Å²) in [4.78, 5) is 15.7. The van der Waals surface area contributed by atoms with Gasteiger partial charge in [0.15, 0.2) is 0 Å². The van der Waals surface area contributed by atoms with E-state index >= 15 is 0 Å². The van der Waals surface area contributed by atoms with Crippen molar-refractivity contribution in [3.05, 3.63) is 40.4 Å². The third kappa shape index (κ3) is 2.78. The first-order valence-electron chi connectivity index (χ1n) is 6.28. The van der Waals surface area contributed by atoms with Crippen LogP contribution in [-0.2, 0) is 6.18 Å². The number of nitrogens with zero attached hydrogens (tertiary/aromatic N) is 1. The summed E-state index contributed by atoms with van der Waals surface area (Å²) in [6.07, 6.45) is -2.56. The Bertz CT molecular complexity index is 687. The summed E-state index contributed by atoms with van der Waals surface area (Å²) in [6, 6.07) is 4.61. The van der Waals surface area contributed by atoms with Crippen LogP contribution in [0, 0.1) is 0 Å². The van der Waals surface area contributed by atoms with Crippen LogP contribution >= 0.6 is 11.3 Å². The number of hydrogen-bond acceptors (Lipinski definition) is 3. The van der Waals surface area contributed by atoms with E-state index in [0.29, 0.717) is 16.3 Å². The highest BCUT2D eigenvalue weighted by Crippen LogP contribution is 2.44. The second-order valence-electron chi connectivity index (χ2n) is 4.89. The standard InChI is InChI=1S/C14H10F3NO2S/c15-14(16,17)9-5-3-8(4-6-9)12-18-10(7-1-2-7)11(21-12)13(19)20/h3-7H,1-2H2,(H,19,20). The van der Waals surface area contributed by atoms with Crippen molar-refractivity contribution in [1.82, 2.24) is 4.98 Å². The van der Waals surface area contributed by atoms with Crippen LogP contribution in [0.2, 0.25) is 0 Å². The first kappa shape index (κ1) is 14.1. The number of halogens is 3. The van der Waals surface area contributed by atoms with Gasteiger partial charge in [-0.25, -0.2) is 9.78 Å². The number of carboxylic acid groups (broad SMARTS) is 1. The maximum absolute atomic E-state index is 12.5. The second-order valence-corrected chi connectivity index (χ2v) is 5.89. The van der Waals surface area contributed by atoms with Gasteiger partial charge in [0, 0.05) is 11.5 Å². The summed E-state index contributed by atoms with van der Waals surface area (Å²) in [5.41, 5.74) is 0.327. The maximum Gasteiger partial charge on any atom is 0.416 e. The van der Waals surface area contributed by atoms with Gasteiger partial charge in [-0.3, -0.25) is 0 Å². The Labute approximate surface area is 122 Å². The van der Waals surface area contributed by atoms with E-state index in [4.69, 9.17) is 0 Å². The number of carbonyl (C=O) groups is 1. The van der Waals surface area contributed by atoms with E-state index in [2.05, 4.69) is 4.98 Å². The van der Waals surface area contributed by atoms with E-state index < -0.39 is 17.7 Å². The van der Waals surface area contributed by atoms with Gasteiger partial charge in [0.1, 0.15) is 9.88 Å². The molecular formula is C14H10F3NO2S. The Morgan fingerprint density at radius 2 is 1.86 bits per heavy atom. The van der Waals surface area contributed by atoms with Crippen LogP contribution in [-0.4, -0.2) is 16.1 Å². The minimum atomic E-state index is -4.38. The number of benzene rings is 1. The van der Waals surface area contributed by atoms with Gasteiger partial charge in [-0.1, -0.05) is 12.1 Å². The van der Waals surface area contributed by atoms with Gasteiger partial charge in [0.05, 0.1) is 11.3 Å². The predicted octanol–water partition coefficient (Wildman–Crippen LogP) is 4.40. The number of aromatic carboxylic acids is 1. The van der Waals surface area contributed by atoms with Crippen molar-refractivity contribution >= 4 is 17.3 Å². The van der Waals surface area contributed by atoms with E-state index in [1.54, 1.807) is 0 Å². The zero-order valence-electron chi connectivity index (χ0n) is 10.6. The molecule has 0 spiro atoms. The van der Waals surface area contributed by atoms with Crippen LogP contribution in [0.3, 0.4) is 0 Å². The monoisotopic (exact) mass is 313 g/mol. The first-order chi connectivity index (χ1) is 9.86. The molecule has 1 heterocycles. The lowest BCUT2D eigenvalue weighted by Gasteiger charge is -2.06. The van der Waals surface area contributed by atoms with Gasteiger partial charge in [-0.05, 0) is 25.0 Å². The third-order valence-electron chi connectivity index (χ3n) is 3.27. The first-order valence-corrected chi connectivity index (χ1v) is 7.09. The summed E-state index contributed by atoms with van der Waals surface area (Å²) in [5.74, 6) is -0.858. The Morgan fingerprint density at radius 3 is 2.33 bits per heavy atom. The third-order valence-corrected chi connectivity index (χ3v) is 4.38. The van der Waals surface area contributed by atoms with E-state index in [0.717, 1.165) is 36.3 Å². The molecular weight excluding hydrogens is 303 g/mol. The molecule has 21 heavy (non-hydrogen) atoms. The maximum atomic E-state index is 12.5. The van der Waals surface area contributed by atoms with E-state index in [-0.39, 0.29) is 10.8 Å². The van der Waals surface area contributed by atoms with Gasteiger partial charge < -0.3 is 5.11 Å². The van der Waals surface area contributed by atoms with Crippen molar-refractivity contribution in [2.45, 2.75) is 24.9 Å². The molecule has 0 bridgehead atoms. The van der Waals surface area contributed by atoms with Crippen LogP contribution in [0.15, 0.2) is 24.3 Å². The van der Waals surface area contributed by atoms with Crippen LogP contribution in [0.1, 0.15) is 39.7 Å². The Kier molecular flexibility index (Phi) is 3.24. The highest BCUT2D eigenvalue weighted by Gasteiger charge is 2.33. The second kappa shape index (κ2) is 4.84. The summed E-state index contributed by atoms with van der Waals surface area (Å²) in [7, 11) is 0. The number of thiazole rings is 1. The van der Waals surface area contributed by atoms with Gasteiger partial charge in [0.2, 0.25) is 0 Å². The molecule has 1 aliphatic carbocycles. The zero-order valence-corrected chi connectivity index (χ0v) is 11.5. The molecule has 0 unspecified atom stereocenters. The normalized spacial score (nSPS) is 15.2. The number of hydrogen-bond donors (Lipinski definition) is 1. The molecule has 1 N–H and O–H groups in total. The Balaban J connectivity index is 1.97. The van der Waals surface area contributed by atoms with Crippen molar-refractivity contribution in [3.8, 4) is 10.6 Å². The number of alkyl halides is 3. The van der Waals surface area contributed by atoms with Crippen LogP contribution in [0.4, 0.5) is 13.2 Å². The molecule has 3 nitrogen and oxygen atoms in total. The Hall–Kier alpha value is -1.89. The van der Waals surface area contributed by atoms with Crippen LogP contribution in [0.5, 0.6) is 0 Å². The molecule has 1 saturated carbocycles. The lowest BCUT2D eigenvalue weighted by molar-refractivity contribution is -0.137. The molecule has 1 aromatic carbocycles. The largest absolute Gasteiger partial charge is 0.477 e.